The number of nitrogens with zero attached hydrogens (tertiary/aromatic N) is 1. The first-order chi connectivity index (χ1) is 17.3. The molecule has 0 radical (unpaired) electrons. The standard InChI is InChI=1S/C29H32Cl2N2O2S/c1-21(2)19-32-29(35)27(18-22-10-5-3-6-11-22)33(20-24-25(30)14-9-15-26(24)31)28(34)16-17-36-23-12-7-4-8-13-23/h3-15,21,27H,16-20H2,1-2H3,(H,32,35). The van der Waals surface area contributed by atoms with Crippen molar-refractivity contribution in [3.05, 3.63) is 100 Å². The van der Waals surface area contributed by atoms with Gasteiger partial charge in [-0.3, -0.25) is 9.59 Å². The van der Waals surface area contributed by atoms with Crippen molar-refractivity contribution in [3.8, 4) is 0 Å². The van der Waals surface area contributed by atoms with Crippen LogP contribution in [0.1, 0.15) is 31.4 Å². The maximum Gasteiger partial charge on any atom is 0.243 e. The van der Waals surface area contributed by atoms with E-state index in [2.05, 4.69) is 5.32 Å². The van der Waals surface area contributed by atoms with Gasteiger partial charge in [0.2, 0.25) is 11.8 Å². The van der Waals surface area contributed by atoms with Crippen molar-refractivity contribution < 1.29 is 9.59 Å². The number of hydrogen-bond acceptors (Lipinski definition) is 3. The Bertz CT molecular complexity index is 1110. The Morgan fingerprint density at radius 2 is 1.50 bits per heavy atom. The van der Waals surface area contributed by atoms with Crippen LogP contribution in [-0.2, 0) is 22.6 Å². The highest BCUT2D eigenvalue weighted by Crippen LogP contribution is 2.28. The summed E-state index contributed by atoms with van der Waals surface area (Å²) in [7, 11) is 0. The molecule has 0 aliphatic carbocycles. The zero-order valence-electron chi connectivity index (χ0n) is 20.6. The summed E-state index contributed by atoms with van der Waals surface area (Å²) in [5.41, 5.74) is 1.61. The van der Waals surface area contributed by atoms with Gasteiger partial charge in [-0.2, -0.15) is 0 Å². The van der Waals surface area contributed by atoms with E-state index in [0.717, 1.165) is 10.5 Å². The van der Waals surface area contributed by atoms with Crippen LogP contribution in [0.2, 0.25) is 10.0 Å². The van der Waals surface area contributed by atoms with Gasteiger partial charge in [-0.25, -0.2) is 0 Å². The van der Waals surface area contributed by atoms with E-state index >= 15 is 0 Å². The molecule has 0 spiro atoms. The van der Waals surface area contributed by atoms with E-state index in [0.29, 0.717) is 34.3 Å². The van der Waals surface area contributed by atoms with Gasteiger partial charge in [0.15, 0.2) is 0 Å². The summed E-state index contributed by atoms with van der Waals surface area (Å²) in [6.07, 6.45) is 0.675. The van der Waals surface area contributed by atoms with Gasteiger partial charge in [0.25, 0.3) is 0 Å². The lowest BCUT2D eigenvalue weighted by molar-refractivity contribution is -0.141. The Morgan fingerprint density at radius 3 is 2.11 bits per heavy atom. The van der Waals surface area contributed by atoms with Crippen LogP contribution >= 0.6 is 35.0 Å². The molecule has 7 heteroatoms. The van der Waals surface area contributed by atoms with E-state index < -0.39 is 6.04 Å². The molecule has 0 saturated heterocycles. The number of hydrogen-bond donors (Lipinski definition) is 1. The lowest BCUT2D eigenvalue weighted by atomic mass is 10.0. The highest BCUT2D eigenvalue weighted by molar-refractivity contribution is 7.99. The minimum absolute atomic E-state index is 0.116. The average molecular weight is 544 g/mol. The van der Waals surface area contributed by atoms with Crippen LogP contribution in [0.4, 0.5) is 0 Å². The number of carbonyl (C=O) groups is 2. The van der Waals surface area contributed by atoms with E-state index in [1.165, 1.54) is 0 Å². The van der Waals surface area contributed by atoms with Crippen molar-refractivity contribution in [1.29, 1.82) is 0 Å². The Labute approximate surface area is 228 Å². The molecule has 190 valence electrons. The summed E-state index contributed by atoms with van der Waals surface area (Å²) in [5.74, 6) is 0.590. The molecule has 0 aliphatic heterocycles. The van der Waals surface area contributed by atoms with Gasteiger partial charge < -0.3 is 10.2 Å². The fraction of sp³-hybridized carbons (Fsp3) is 0.310. The lowest BCUT2D eigenvalue weighted by Gasteiger charge is -2.32. The lowest BCUT2D eigenvalue weighted by Crippen LogP contribution is -2.51. The minimum Gasteiger partial charge on any atom is -0.354 e. The molecule has 2 amide bonds. The van der Waals surface area contributed by atoms with Gasteiger partial charge in [-0.1, -0.05) is 91.6 Å². The molecule has 3 aromatic rings. The van der Waals surface area contributed by atoms with Crippen LogP contribution < -0.4 is 5.32 Å². The van der Waals surface area contributed by atoms with Crippen LogP contribution in [-0.4, -0.2) is 35.1 Å². The van der Waals surface area contributed by atoms with E-state index in [1.54, 1.807) is 34.9 Å². The summed E-state index contributed by atoms with van der Waals surface area (Å²) in [4.78, 5) is 29.9. The summed E-state index contributed by atoms with van der Waals surface area (Å²) in [5, 5.41) is 3.98. The molecule has 1 N–H and O–H groups in total. The molecule has 1 unspecified atom stereocenters. The minimum atomic E-state index is -0.701. The molecule has 0 aliphatic rings. The smallest absolute Gasteiger partial charge is 0.243 e. The Balaban J connectivity index is 1.89. The predicted molar refractivity (Wildman–Crippen MR) is 151 cm³/mol. The van der Waals surface area contributed by atoms with E-state index in [-0.39, 0.29) is 30.7 Å². The topological polar surface area (TPSA) is 49.4 Å². The third-order valence-corrected chi connectivity index (χ3v) is 7.40. The number of nitrogens with one attached hydrogen (secondary N) is 1. The van der Waals surface area contributed by atoms with Gasteiger partial charge in [0, 0.05) is 52.2 Å². The van der Waals surface area contributed by atoms with Gasteiger partial charge in [-0.05, 0) is 35.7 Å². The molecular formula is C29H32Cl2N2O2S. The van der Waals surface area contributed by atoms with Gasteiger partial charge in [0.05, 0.1) is 0 Å². The summed E-state index contributed by atoms with van der Waals surface area (Å²) in [6, 6.07) is 24.3. The third-order valence-electron chi connectivity index (χ3n) is 5.67. The normalized spacial score (nSPS) is 11.8. The molecule has 0 fully saturated rings. The summed E-state index contributed by atoms with van der Waals surface area (Å²) in [6.45, 7) is 4.77. The third kappa shape index (κ3) is 8.58. The number of amides is 2. The van der Waals surface area contributed by atoms with Crippen LogP contribution in [0.15, 0.2) is 83.8 Å². The maximum absolute atomic E-state index is 13.7. The second kappa shape index (κ2) is 14.3. The predicted octanol–water partition coefficient (Wildman–Crippen LogP) is 6.89. The average Bonchev–Trinajstić information content (AvgIpc) is 2.87. The van der Waals surface area contributed by atoms with E-state index in [1.807, 2.05) is 74.5 Å². The first kappa shape index (κ1) is 28.1. The Morgan fingerprint density at radius 1 is 0.889 bits per heavy atom. The first-order valence-corrected chi connectivity index (χ1v) is 13.8. The van der Waals surface area contributed by atoms with Crippen molar-refractivity contribution in [3.63, 3.8) is 0 Å². The molecule has 4 nitrogen and oxygen atoms in total. The molecule has 3 aromatic carbocycles. The van der Waals surface area contributed by atoms with E-state index in [9.17, 15) is 9.59 Å². The maximum atomic E-state index is 13.7. The summed E-state index contributed by atoms with van der Waals surface area (Å²) >= 11 is 14.6. The Hall–Kier alpha value is -2.47. The largest absolute Gasteiger partial charge is 0.354 e. The van der Waals surface area contributed by atoms with Gasteiger partial charge in [-0.15, -0.1) is 11.8 Å². The van der Waals surface area contributed by atoms with Crippen LogP contribution in [0, 0.1) is 5.92 Å². The van der Waals surface area contributed by atoms with Crippen LogP contribution in [0.25, 0.3) is 0 Å². The monoisotopic (exact) mass is 542 g/mol. The molecule has 1 atom stereocenters. The molecule has 36 heavy (non-hydrogen) atoms. The van der Waals surface area contributed by atoms with Gasteiger partial charge in [0.1, 0.15) is 6.04 Å². The number of rotatable bonds is 12. The van der Waals surface area contributed by atoms with Gasteiger partial charge >= 0.3 is 0 Å². The van der Waals surface area contributed by atoms with E-state index in [4.69, 9.17) is 23.2 Å². The Kier molecular flexibility index (Phi) is 11.2. The number of halogens is 2. The highest BCUT2D eigenvalue weighted by Gasteiger charge is 2.31. The van der Waals surface area contributed by atoms with Crippen molar-refractivity contribution in [2.75, 3.05) is 12.3 Å². The van der Waals surface area contributed by atoms with Crippen molar-refractivity contribution in [2.24, 2.45) is 5.92 Å². The molecule has 0 heterocycles. The SMILES string of the molecule is CC(C)CNC(=O)C(Cc1ccccc1)N(Cc1c(Cl)cccc1Cl)C(=O)CCSc1ccccc1. The van der Waals surface area contributed by atoms with Crippen molar-refractivity contribution in [1.82, 2.24) is 10.2 Å². The number of benzene rings is 3. The molecule has 3 rings (SSSR count). The number of carbonyl (C=O) groups excluding carboxylic acids is 2. The fourth-order valence-electron chi connectivity index (χ4n) is 3.75. The molecule has 0 aromatic heterocycles. The second-order valence-corrected chi connectivity index (χ2v) is 11.0. The van der Waals surface area contributed by atoms with Crippen LogP contribution in [0.3, 0.4) is 0 Å². The first-order valence-electron chi connectivity index (χ1n) is 12.1. The molecule has 0 bridgehead atoms. The quantitative estimate of drug-likeness (QED) is 0.253. The van der Waals surface area contributed by atoms with Crippen LogP contribution in [0.5, 0.6) is 0 Å². The van der Waals surface area contributed by atoms with Crippen molar-refractivity contribution >= 4 is 46.8 Å². The zero-order chi connectivity index (χ0) is 25.9. The summed E-state index contributed by atoms with van der Waals surface area (Å²) < 4.78 is 0. The number of thioether (sulfide) groups is 1. The fourth-order valence-corrected chi connectivity index (χ4v) is 5.13. The second-order valence-electron chi connectivity index (χ2n) is 8.98. The molecular weight excluding hydrogens is 511 g/mol. The molecule has 0 saturated carbocycles. The highest BCUT2D eigenvalue weighted by atomic mass is 35.5. The zero-order valence-corrected chi connectivity index (χ0v) is 23.0. The van der Waals surface area contributed by atoms with Crippen molar-refractivity contribution in [2.45, 2.75) is 44.2 Å².